The zero-order chi connectivity index (χ0) is 14.1. The smallest absolute Gasteiger partial charge is 0.122 e. The number of nitrogens with zero attached hydrogens (tertiary/aromatic N) is 1. The van der Waals surface area contributed by atoms with E-state index >= 15 is 0 Å². The van der Waals surface area contributed by atoms with E-state index in [2.05, 4.69) is 45.9 Å². The lowest BCUT2D eigenvalue weighted by molar-refractivity contribution is 0.200. The van der Waals surface area contributed by atoms with E-state index < -0.39 is 0 Å². The standard InChI is InChI=1S/C17H20N2OS.2ClH/c1-2-16(21-11-1)17(19-8-6-18-7-9-19)14-3-4-15-13(12-14)5-10-20-15;;/h1-4,11-12,17-18H,5-10H2;2*1H/t17-;;/m1../s1. The van der Waals surface area contributed by atoms with Crippen molar-refractivity contribution in [3.8, 4) is 5.75 Å². The second kappa shape index (κ2) is 8.36. The molecule has 0 amide bonds. The van der Waals surface area contributed by atoms with Gasteiger partial charge in [0, 0.05) is 37.5 Å². The Kier molecular flexibility index (Phi) is 6.74. The fourth-order valence-corrected chi connectivity index (χ4v) is 4.20. The van der Waals surface area contributed by atoms with Gasteiger partial charge in [-0.25, -0.2) is 0 Å². The van der Waals surface area contributed by atoms with E-state index in [1.165, 1.54) is 16.0 Å². The van der Waals surface area contributed by atoms with Crippen molar-refractivity contribution in [3.63, 3.8) is 0 Å². The van der Waals surface area contributed by atoms with E-state index in [1.54, 1.807) is 0 Å². The number of hydrogen-bond acceptors (Lipinski definition) is 4. The van der Waals surface area contributed by atoms with Crippen LogP contribution in [0.15, 0.2) is 35.7 Å². The quantitative estimate of drug-likeness (QED) is 0.891. The molecule has 3 heterocycles. The minimum atomic E-state index is 0. The maximum Gasteiger partial charge on any atom is 0.122 e. The van der Waals surface area contributed by atoms with Crippen molar-refractivity contribution in [2.45, 2.75) is 12.5 Å². The maximum absolute atomic E-state index is 5.65. The van der Waals surface area contributed by atoms with Crippen molar-refractivity contribution in [2.24, 2.45) is 0 Å². The maximum atomic E-state index is 5.65. The van der Waals surface area contributed by atoms with Crippen LogP contribution in [0.4, 0.5) is 0 Å². The summed E-state index contributed by atoms with van der Waals surface area (Å²) in [5, 5.41) is 5.63. The van der Waals surface area contributed by atoms with Crippen molar-refractivity contribution in [1.82, 2.24) is 10.2 Å². The Morgan fingerprint density at radius 3 is 2.70 bits per heavy atom. The largest absolute Gasteiger partial charge is 0.493 e. The molecule has 4 rings (SSSR count). The summed E-state index contributed by atoms with van der Waals surface area (Å²) in [6.45, 7) is 5.20. The van der Waals surface area contributed by atoms with E-state index in [0.717, 1.165) is 45.0 Å². The van der Waals surface area contributed by atoms with Crippen LogP contribution >= 0.6 is 36.2 Å². The molecule has 126 valence electrons. The lowest BCUT2D eigenvalue weighted by Crippen LogP contribution is -2.45. The van der Waals surface area contributed by atoms with Gasteiger partial charge in [0.2, 0.25) is 0 Å². The minimum Gasteiger partial charge on any atom is -0.493 e. The fourth-order valence-electron chi connectivity index (χ4n) is 3.32. The highest BCUT2D eigenvalue weighted by Crippen LogP contribution is 2.35. The van der Waals surface area contributed by atoms with Crippen LogP contribution < -0.4 is 10.1 Å². The average molecular weight is 373 g/mol. The molecule has 1 aromatic carbocycles. The molecule has 2 aliphatic rings. The van der Waals surface area contributed by atoms with Crippen molar-refractivity contribution in [3.05, 3.63) is 51.7 Å². The molecule has 2 aromatic rings. The first-order chi connectivity index (χ1) is 10.4. The normalized spacial score (nSPS) is 18.3. The Bertz CT molecular complexity index is 615. The number of fused-ring (bicyclic) bond motifs is 1. The summed E-state index contributed by atoms with van der Waals surface area (Å²) in [6, 6.07) is 11.6. The van der Waals surface area contributed by atoms with E-state index in [9.17, 15) is 0 Å². The number of hydrogen-bond donors (Lipinski definition) is 1. The van der Waals surface area contributed by atoms with E-state index in [4.69, 9.17) is 4.74 Å². The highest BCUT2D eigenvalue weighted by molar-refractivity contribution is 7.10. The Hall–Kier alpha value is -0.780. The molecule has 1 fully saturated rings. The van der Waals surface area contributed by atoms with Crippen LogP contribution in [0.5, 0.6) is 5.75 Å². The van der Waals surface area contributed by atoms with Gasteiger partial charge in [-0.05, 0) is 28.6 Å². The first-order valence-electron chi connectivity index (χ1n) is 7.65. The molecule has 6 heteroatoms. The molecule has 0 saturated carbocycles. The zero-order valence-electron chi connectivity index (χ0n) is 12.9. The molecule has 1 aromatic heterocycles. The van der Waals surface area contributed by atoms with E-state index in [0.29, 0.717) is 6.04 Å². The first kappa shape index (κ1) is 18.6. The molecule has 0 radical (unpaired) electrons. The molecule has 0 bridgehead atoms. The summed E-state index contributed by atoms with van der Waals surface area (Å²) < 4.78 is 5.65. The van der Waals surface area contributed by atoms with Crippen molar-refractivity contribution < 1.29 is 4.74 Å². The Labute approximate surface area is 153 Å². The summed E-state index contributed by atoms with van der Waals surface area (Å²) >= 11 is 1.86. The molecule has 0 spiro atoms. The van der Waals surface area contributed by atoms with Gasteiger partial charge in [0.05, 0.1) is 12.6 Å². The molecule has 2 aliphatic heterocycles. The lowest BCUT2D eigenvalue weighted by Gasteiger charge is -2.35. The number of piperazine rings is 1. The number of nitrogens with one attached hydrogen (secondary N) is 1. The topological polar surface area (TPSA) is 24.5 Å². The van der Waals surface area contributed by atoms with E-state index in [-0.39, 0.29) is 24.8 Å². The van der Waals surface area contributed by atoms with Gasteiger partial charge in [0.1, 0.15) is 5.75 Å². The molecule has 1 saturated heterocycles. The number of thiophene rings is 1. The van der Waals surface area contributed by atoms with Crippen LogP contribution in [0.25, 0.3) is 0 Å². The van der Waals surface area contributed by atoms with Crippen molar-refractivity contribution in [2.75, 3.05) is 32.8 Å². The van der Waals surface area contributed by atoms with Gasteiger partial charge in [-0.1, -0.05) is 18.2 Å². The summed E-state index contributed by atoms with van der Waals surface area (Å²) in [6.07, 6.45) is 1.04. The Morgan fingerprint density at radius 1 is 1.13 bits per heavy atom. The number of ether oxygens (including phenoxy) is 1. The van der Waals surface area contributed by atoms with Crippen LogP contribution in [-0.4, -0.2) is 37.7 Å². The number of rotatable bonds is 3. The predicted octanol–water partition coefficient (Wildman–Crippen LogP) is 3.52. The molecule has 0 unspecified atom stereocenters. The molecule has 3 nitrogen and oxygen atoms in total. The van der Waals surface area contributed by atoms with Gasteiger partial charge in [0.15, 0.2) is 0 Å². The predicted molar refractivity (Wildman–Crippen MR) is 101 cm³/mol. The van der Waals surface area contributed by atoms with Gasteiger partial charge in [-0.2, -0.15) is 0 Å². The summed E-state index contributed by atoms with van der Waals surface area (Å²) in [4.78, 5) is 4.04. The molecule has 23 heavy (non-hydrogen) atoms. The molecule has 1 N–H and O–H groups in total. The molecule has 0 aliphatic carbocycles. The summed E-state index contributed by atoms with van der Waals surface area (Å²) in [7, 11) is 0. The third kappa shape index (κ3) is 3.83. The summed E-state index contributed by atoms with van der Waals surface area (Å²) in [5.74, 6) is 1.07. The second-order valence-corrected chi connectivity index (χ2v) is 6.65. The number of halogens is 2. The van der Waals surface area contributed by atoms with Crippen molar-refractivity contribution >= 4 is 36.2 Å². The average Bonchev–Trinajstić information content (AvgIpc) is 3.19. The van der Waals surface area contributed by atoms with Gasteiger partial charge in [0.25, 0.3) is 0 Å². The van der Waals surface area contributed by atoms with Crippen molar-refractivity contribution in [1.29, 1.82) is 0 Å². The van der Waals surface area contributed by atoms with Gasteiger partial charge in [-0.15, -0.1) is 36.2 Å². The van der Waals surface area contributed by atoms with Crippen LogP contribution in [0.1, 0.15) is 22.0 Å². The highest BCUT2D eigenvalue weighted by Gasteiger charge is 2.26. The lowest BCUT2D eigenvalue weighted by atomic mass is 9.99. The van der Waals surface area contributed by atoms with Gasteiger partial charge < -0.3 is 10.1 Å². The fraction of sp³-hybridized carbons (Fsp3) is 0.412. The molecule has 1 atom stereocenters. The third-order valence-electron chi connectivity index (χ3n) is 4.36. The number of benzene rings is 1. The monoisotopic (exact) mass is 372 g/mol. The van der Waals surface area contributed by atoms with Crippen LogP contribution in [0.3, 0.4) is 0 Å². The van der Waals surface area contributed by atoms with E-state index in [1.807, 2.05) is 11.3 Å². The zero-order valence-corrected chi connectivity index (χ0v) is 15.3. The van der Waals surface area contributed by atoms with Crippen LogP contribution in [0, 0.1) is 0 Å². The van der Waals surface area contributed by atoms with Gasteiger partial charge >= 0.3 is 0 Å². The summed E-state index contributed by atoms with van der Waals surface area (Å²) in [5.41, 5.74) is 2.77. The minimum absolute atomic E-state index is 0. The molecular formula is C17H22Cl2N2OS. The highest BCUT2D eigenvalue weighted by atomic mass is 35.5. The van der Waals surface area contributed by atoms with Crippen LogP contribution in [-0.2, 0) is 6.42 Å². The SMILES string of the molecule is Cl.Cl.c1csc([C@@H](c2ccc3c(c2)CCO3)N2CCNCC2)c1. The Morgan fingerprint density at radius 2 is 1.96 bits per heavy atom. The van der Waals surface area contributed by atoms with Crippen LogP contribution in [0.2, 0.25) is 0 Å². The second-order valence-electron chi connectivity index (χ2n) is 5.67. The Balaban J connectivity index is 0.000000960. The third-order valence-corrected chi connectivity index (χ3v) is 5.28. The first-order valence-corrected chi connectivity index (χ1v) is 8.53. The van der Waals surface area contributed by atoms with Gasteiger partial charge in [-0.3, -0.25) is 4.90 Å². The molecular weight excluding hydrogens is 351 g/mol.